The maximum Gasteiger partial charge on any atom is 0.275 e. The molecular formula is C19H27ClN4O2. The van der Waals surface area contributed by atoms with Crippen molar-refractivity contribution in [3.05, 3.63) is 41.7 Å². The molecule has 142 valence electrons. The van der Waals surface area contributed by atoms with E-state index < -0.39 is 0 Å². The Morgan fingerprint density at radius 2 is 2.04 bits per heavy atom. The van der Waals surface area contributed by atoms with E-state index in [0.717, 1.165) is 24.9 Å². The smallest absolute Gasteiger partial charge is 0.275 e. The summed E-state index contributed by atoms with van der Waals surface area (Å²) in [6.45, 7) is 4.83. The zero-order valence-electron chi connectivity index (χ0n) is 15.2. The molecule has 1 saturated carbocycles. The Labute approximate surface area is 160 Å². The number of aromatic nitrogens is 2. The van der Waals surface area contributed by atoms with E-state index in [1.54, 1.807) is 0 Å². The van der Waals surface area contributed by atoms with Crippen LogP contribution in [0.4, 0.5) is 0 Å². The Hall–Kier alpha value is -2.05. The molecule has 2 aromatic rings. The van der Waals surface area contributed by atoms with E-state index in [0.29, 0.717) is 18.4 Å². The lowest BCUT2D eigenvalue weighted by Crippen LogP contribution is -2.40. The second-order valence-electron chi connectivity index (χ2n) is 7.06. The van der Waals surface area contributed by atoms with E-state index in [2.05, 4.69) is 24.3 Å². The molecule has 1 amide bonds. The summed E-state index contributed by atoms with van der Waals surface area (Å²) in [4.78, 5) is 12.5. The summed E-state index contributed by atoms with van der Waals surface area (Å²) < 4.78 is 1.53. The monoisotopic (exact) mass is 378 g/mol. The molecule has 1 aliphatic carbocycles. The molecule has 0 saturated heterocycles. The number of aromatic hydroxyl groups is 1. The van der Waals surface area contributed by atoms with Crippen LogP contribution in [-0.2, 0) is 0 Å². The summed E-state index contributed by atoms with van der Waals surface area (Å²) in [5.74, 6) is 0.285. The van der Waals surface area contributed by atoms with E-state index in [1.807, 2.05) is 24.3 Å². The van der Waals surface area contributed by atoms with E-state index in [1.165, 1.54) is 16.4 Å². The molecule has 1 fully saturated rings. The lowest BCUT2D eigenvalue weighted by atomic mass is 10.0. The van der Waals surface area contributed by atoms with Gasteiger partial charge in [0.15, 0.2) is 11.4 Å². The number of hydrogen-bond acceptors (Lipinski definition) is 4. The van der Waals surface area contributed by atoms with Gasteiger partial charge < -0.3 is 16.2 Å². The van der Waals surface area contributed by atoms with E-state index in [-0.39, 0.29) is 35.8 Å². The van der Waals surface area contributed by atoms with Gasteiger partial charge >= 0.3 is 0 Å². The van der Waals surface area contributed by atoms with Crippen molar-refractivity contribution in [1.29, 1.82) is 0 Å². The molecule has 0 spiro atoms. The standard InChI is InChI=1S/C19H26N4O2.ClH/c1-12(2)13-6-8-15(9-7-13)23-11-17(24)18(22-23)19(25)21-16-5-3-4-14(16)10-20;/h6-9,11-12,14,16,24H,3-5,10,20H2,1-2H3,(H,21,25);1H. The van der Waals surface area contributed by atoms with Crippen molar-refractivity contribution in [1.82, 2.24) is 15.1 Å². The van der Waals surface area contributed by atoms with E-state index in [4.69, 9.17) is 5.73 Å². The van der Waals surface area contributed by atoms with Gasteiger partial charge in [0, 0.05) is 6.04 Å². The van der Waals surface area contributed by atoms with Gasteiger partial charge in [0.2, 0.25) is 0 Å². The molecule has 26 heavy (non-hydrogen) atoms. The molecule has 0 aliphatic heterocycles. The van der Waals surface area contributed by atoms with Gasteiger partial charge in [-0.3, -0.25) is 4.79 Å². The lowest BCUT2D eigenvalue weighted by molar-refractivity contribution is 0.0920. The maximum absolute atomic E-state index is 12.5. The minimum atomic E-state index is -0.347. The molecule has 4 N–H and O–H groups in total. The van der Waals surface area contributed by atoms with Crippen LogP contribution in [-0.4, -0.2) is 33.4 Å². The fourth-order valence-corrected chi connectivity index (χ4v) is 3.42. The highest BCUT2D eigenvalue weighted by Gasteiger charge is 2.29. The van der Waals surface area contributed by atoms with Crippen LogP contribution in [0.1, 0.15) is 55.1 Å². The first-order chi connectivity index (χ1) is 12.0. The van der Waals surface area contributed by atoms with Crippen molar-refractivity contribution in [3.8, 4) is 11.4 Å². The second kappa shape index (κ2) is 8.56. The minimum Gasteiger partial charge on any atom is -0.504 e. The number of rotatable bonds is 5. The van der Waals surface area contributed by atoms with E-state index in [9.17, 15) is 9.90 Å². The summed E-state index contributed by atoms with van der Waals surface area (Å²) in [6.07, 6.45) is 4.49. The van der Waals surface area contributed by atoms with Gasteiger partial charge in [-0.15, -0.1) is 12.4 Å². The van der Waals surface area contributed by atoms with Gasteiger partial charge in [0.25, 0.3) is 5.91 Å². The van der Waals surface area contributed by atoms with Crippen molar-refractivity contribution in [3.63, 3.8) is 0 Å². The maximum atomic E-state index is 12.5. The number of hydrogen-bond donors (Lipinski definition) is 3. The topological polar surface area (TPSA) is 93.2 Å². The van der Waals surface area contributed by atoms with Crippen molar-refractivity contribution in [2.75, 3.05) is 6.54 Å². The van der Waals surface area contributed by atoms with Crippen LogP contribution in [0.15, 0.2) is 30.5 Å². The third-order valence-electron chi connectivity index (χ3n) is 5.01. The van der Waals surface area contributed by atoms with Gasteiger partial charge in [-0.25, -0.2) is 4.68 Å². The van der Waals surface area contributed by atoms with Crippen LogP contribution in [0, 0.1) is 5.92 Å². The van der Waals surface area contributed by atoms with Crippen molar-refractivity contribution in [2.45, 2.75) is 45.1 Å². The number of nitrogens with two attached hydrogens (primary N) is 1. The Morgan fingerprint density at radius 1 is 1.35 bits per heavy atom. The van der Waals surface area contributed by atoms with Gasteiger partial charge in [-0.2, -0.15) is 5.10 Å². The molecule has 3 rings (SSSR count). The second-order valence-corrected chi connectivity index (χ2v) is 7.06. The van der Waals surface area contributed by atoms with Gasteiger partial charge in [0.05, 0.1) is 11.9 Å². The molecule has 1 aromatic heterocycles. The fourth-order valence-electron chi connectivity index (χ4n) is 3.42. The van der Waals surface area contributed by atoms with Crippen LogP contribution < -0.4 is 11.1 Å². The Morgan fingerprint density at radius 3 is 2.65 bits per heavy atom. The number of amides is 1. The third kappa shape index (κ3) is 4.19. The minimum absolute atomic E-state index is 0. The molecule has 2 unspecified atom stereocenters. The Bertz CT molecular complexity index is 742. The zero-order valence-corrected chi connectivity index (χ0v) is 16.0. The average molecular weight is 379 g/mol. The number of carbonyl (C=O) groups excluding carboxylic acids is 1. The normalized spacial score (nSPS) is 19.4. The molecule has 1 aromatic carbocycles. The van der Waals surface area contributed by atoms with Gasteiger partial charge in [-0.05, 0) is 48.9 Å². The summed E-state index contributed by atoms with van der Waals surface area (Å²) in [6, 6.07) is 7.99. The average Bonchev–Trinajstić information content (AvgIpc) is 3.21. The summed E-state index contributed by atoms with van der Waals surface area (Å²) in [7, 11) is 0. The predicted molar refractivity (Wildman–Crippen MR) is 104 cm³/mol. The van der Waals surface area contributed by atoms with Crippen LogP contribution >= 0.6 is 12.4 Å². The first-order valence-corrected chi connectivity index (χ1v) is 8.89. The third-order valence-corrected chi connectivity index (χ3v) is 5.01. The zero-order chi connectivity index (χ0) is 18.0. The number of nitrogens with one attached hydrogen (secondary N) is 1. The lowest BCUT2D eigenvalue weighted by Gasteiger charge is -2.18. The van der Waals surface area contributed by atoms with Gasteiger partial charge in [-0.1, -0.05) is 32.4 Å². The fraction of sp³-hybridized carbons (Fsp3) is 0.474. The van der Waals surface area contributed by atoms with Gasteiger partial charge in [0.1, 0.15) is 0 Å². The number of nitrogens with zero attached hydrogens (tertiary/aromatic N) is 2. The van der Waals surface area contributed by atoms with E-state index >= 15 is 0 Å². The van der Waals surface area contributed by atoms with Crippen LogP contribution in [0.2, 0.25) is 0 Å². The van der Waals surface area contributed by atoms with Crippen molar-refractivity contribution < 1.29 is 9.90 Å². The Kier molecular flexibility index (Phi) is 6.67. The summed E-state index contributed by atoms with van der Waals surface area (Å²) in [5.41, 5.74) is 7.85. The van der Waals surface area contributed by atoms with Crippen molar-refractivity contribution >= 4 is 18.3 Å². The summed E-state index contributed by atoms with van der Waals surface area (Å²) in [5, 5.41) is 17.4. The first-order valence-electron chi connectivity index (χ1n) is 8.89. The largest absolute Gasteiger partial charge is 0.504 e. The quantitative estimate of drug-likeness (QED) is 0.745. The molecule has 1 aliphatic rings. The highest BCUT2D eigenvalue weighted by molar-refractivity contribution is 5.95. The molecule has 2 atom stereocenters. The molecular weight excluding hydrogens is 352 g/mol. The van der Waals surface area contributed by atoms with Crippen LogP contribution in [0.25, 0.3) is 5.69 Å². The highest BCUT2D eigenvalue weighted by Crippen LogP contribution is 2.26. The molecule has 7 heteroatoms. The molecule has 0 bridgehead atoms. The molecule has 6 nitrogen and oxygen atoms in total. The SMILES string of the molecule is CC(C)c1ccc(-n2cc(O)c(C(=O)NC3CCCC3CN)n2)cc1.Cl. The van der Waals surface area contributed by atoms with Crippen LogP contribution in [0.3, 0.4) is 0 Å². The predicted octanol–water partition coefficient (Wildman–Crippen LogP) is 2.98. The summed E-state index contributed by atoms with van der Waals surface area (Å²) >= 11 is 0. The molecule has 0 radical (unpaired) electrons. The number of benzene rings is 1. The first kappa shape index (κ1) is 20.3. The number of carbonyl (C=O) groups is 1. The Balaban J connectivity index is 0.00000243. The van der Waals surface area contributed by atoms with Crippen molar-refractivity contribution in [2.24, 2.45) is 11.7 Å². The molecule has 1 heterocycles. The highest BCUT2D eigenvalue weighted by atomic mass is 35.5. The van der Waals surface area contributed by atoms with Crippen LogP contribution in [0.5, 0.6) is 5.75 Å². The number of halogens is 1.